The van der Waals surface area contributed by atoms with Gasteiger partial charge in [0.2, 0.25) is 0 Å². The second-order valence-corrected chi connectivity index (χ2v) is 2.93. The first-order valence-electron chi connectivity index (χ1n) is 2.99. The highest BCUT2D eigenvalue weighted by molar-refractivity contribution is 4.97. The van der Waals surface area contributed by atoms with E-state index in [0.717, 1.165) is 12.8 Å². The Morgan fingerprint density at radius 2 is 1.44 bits per heavy atom. The number of terminal acetylenes is 2. The van der Waals surface area contributed by atoms with Crippen LogP contribution in [0.5, 0.6) is 0 Å². The monoisotopic (exact) mass is 120 g/mol. The van der Waals surface area contributed by atoms with Gasteiger partial charge in [0.25, 0.3) is 0 Å². The fraction of sp³-hybridized carbons (Fsp3) is 0.556. The van der Waals surface area contributed by atoms with E-state index < -0.39 is 0 Å². The fourth-order valence-corrected chi connectivity index (χ4v) is 0.615. The van der Waals surface area contributed by atoms with Crippen molar-refractivity contribution >= 4 is 0 Å². The molecule has 0 spiro atoms. The van der Waals surface area contributed by atoms with Crippen LogP contribution in [0.1, 0.15) is 26.7 Å². The number of rotatable bonds is 2. The summed E-state index contributed by atoms with van der Waals surface area (Å²) in [6.45, 7) is 4.15. The first-order valence-corrected chi connectivity index (χ1v) is 2.99. The molecule has 0 radical (unpaired) electrons. The molecule has 0 nitrogen and oxygen atoms in total. The van der Waals surface area contributed by atoms with E-state index in [4.69, 9.17) is 12.8 Å². The summed E-state index contributed by atoms with van der Waals surface area (Å²) >= 11 is 0. The van der Waals surface area contributed by atoms with Gasteiger partial charge in [0.1, 0.15) is 0 Å². The Morgan fingerprint density at radius 1 is 1.11 bits per heavy atom. The molecule has 0 aromatic rings. The van der Waals surface area contributed by atoms with Crippen LogP contribution >= 0.6 is 0 Å². The van der Waals surface area contributed by atoms with Crippen LogP contribution in [0.4, 0.5) is 0 Å². The first kappa shape index (κ1) is 8.12. The van der Waals surface area contributed by atoms with E-state index in [1.807, 2.05) is 0 Å². The molecule has 0 saturated carbocycles. The van der Waals surface area contributed by atoms with E-state index in [2.05, 4.69) is 25.7 Å². The molecule has 48 valence electrons. The van der Waals surface area contributed by atoms with Gasteiger partial charge >= 0.3 is 0 Å². The summed E-state index contributed by atoms with van der Waals surface area (Å²) in [5.41, 5.74) is 0.128. The molecule has 0 aromatic heterocycles. The molecule has 0 aliphatic carbocycles. The van der Waals surface area contributed by atoms with Gasteiger partial charge in [-0.25, -0.2) is 0 Å². The summed E-state index contributed by atoms with van der Waals surface area (Å²) < 4.78 is 0. The van der Waals surface area contributed by atoms with Crippen molar-refractivity contribution in [3.63, 3.8) is 0 Å². The van der Waals surface area contributed by atoms with E-state index in [1.54, 1.807) is 0 Å². The van der Waals surface area contributed by atoms with Crippen molar-refractivity contribution in [1.29, 1.82) is 0 Å². The van der Waals surface area contributed by atoms with Gasteiger partial charge in [-0.3, -0.25) is 0 Å². The molecule has 0 fully saturated rings. The molecule has 0 N–H and O–H groups in total. The van der Waals surface area contributed by atoms with Crippen LogP contribution in [-0.4, -0.2) is 0 Å². The largest absolute Gasteiger partial charge is 0.120 e. The van der Waals surface area contributed by atoms with Crippen LogP contribution < -0.4 is 0 Å². The summed E-state index contributed by atoms with van der Waals surface area (Å²) in [7, 11) is 0. The molecule has 0 aromatic carbocycles. The van der Waals surface area contributed by atoms with E-state index in [-0.39, 0.29) is 5.41 Å². The average Bonchev–Trinajstić information content (AvgIpc) is 1.64. The summed E-state index contributed by atoms with van der Waals surface area (Å²) in [6, 6.07) is 0. The summed E-state index contributed by atoms with van der Waals surface area (Å²) in [6.07, 6.45) is 11.8. The van der Waals surface area contributed by atoms with Gasteiger partial charge in [0.05, 0.1) is 0 Å². The molecular weight excluding hydrogens is 108 g/mol. The Balaban J connectivity index is 3.77. The summed E-state index contributed by atoms with van der Waals surface area (Å²) in [4.78, 5) is 0. The lowest BCUT2D eigenvalue weighted by atomic mass is 9.87. The lowest BCUT2D eigenvalue weighted by Gasteiger charge is -2.17. The predicted octanol–water partition coefficient (Wildman–Crippen LogP) is 2.06. The molecule has 0 saturated heterocycles. The molecule has 0 heterocycles. The first-order chi connectivity index (χ1) is 4.12. The number of hydrogen-bond donors (Lipinski definition) is 0. The Hall–Kier alpha value is -0.880. The minimum absolute atomic E-state index is 0.128. The van der Waals surface area contributed by atoms with Crippen molar-refractivity contribution in [1.82, 2.24) is 0 Å². The molecule has 0 unspecified atom stereocenters. The Bertz CT molecular complexity index is 132. The van der Waals surface area contributed by atoms with E-state index in [0.29, 0.717) is 0 Å². The lowest BCUT2D eigenvalue weighted by Crippen LogP contribution is -2.08. The van der Waals surface area contributed by atoms with Crippen LogP contribution in [0.25, 0.3) is 0 Å². The Labute approximate surface area is 57.7 Å². The van der Waals surface area contributed by atoms with Crippen molar-refractivity contribution in [2.45, 2.75) is 26.7 Å². The molecular formula is C9H12. The van der Waals surface area contributed by atoms with Crippen LogP contribution in [0.3, 0.4) is 0 Å². The highest BCUT2D eigenvalue weighted by Crippen LogP contribution is 2.22. The molecule has 0 heteroatoms. The standard InChI is InChI=1S/C9H12/c1-5-7-9(3,4)8-6-2/h1-2H,7-8H2,3-4H3. The molecule has 0 aliphatic rings. The minimum Gasteiger partial charge on any atom is -0.120 e. The van der Waals surface area contributed by atoms with Gasteiger partial charge in [0.15, 0.2) is 0 Å². The van der Waals surface area contributed by atoms with Crippen LogP contribution in [0.15, 0.2) is 0 Å². The van der Waals surface area contributed by atoms with Crippen molar-refractivity contribution in [3.05, 3.63) is 0 Å². The third kappa shape index (κ3) is 3.68. The minimum atomic E-state index is 0.128. The Kier molecular flexibility index (Phi) is 2.89. The van der Waals surface area contributed by atoms with E-state index >= 15 is 0 Å². The van der Waals surface area contributed by atoms with Gasteiger partial charge in [-0.1, -0.05) is 13.8 Å². The maximum atomic E-state index is 5.13. The van der Waals surface area contributed by atoms with Gasteiger partial charge in [-0.05, 0) is 5.41 Å². The van der Waals surface area contributed by atoms with Gasteiger partial charge in [0, 0.05) is 12.8 Å². The van der Waals surface area contributed by atoms with Gasteiger partial charge in [-0.2, -0.15) is 0 Å². The summed E-state index contributed by atoms with van der Waals surface area (Å²) in [5, 5.41) is 0. The zero-order chi connectivity index (χ0) is 7.33. The van der Waals surface area contributed by atoms with E-state index in [1.165, 1.54) is 0 Å². The highest BCUT2D eigenvalue weighted by atomic mass is 14.2. The average molecular weight is 120 g/mol. The predicted molar refractivity (Wildman–Crippen MR) is 40.7 cm³/mol. The smallest absolute Gasteiger partial charge is 0.0146 e. The molecule has 0 rings (SSSR count). The van der Waals surface area contributed by atoms with Gasteiger partial charge < -0.3 is 0 Å². The lowest BCUT2D eigenvalue weighted by molar-refractivity contribution is 0.390. The third-order valence-electron chi connectivity index (χ3n) is 1.16. The van der Waals surface area contributed by atoms with Crippen molar-refractivity contribution in [2.24, 2.45) is 5.41 Å². The van der Waals surface area contributed by atoms with Crippen LogP contribution in [-0.2, 0) is 0 Å². The molecule has 9 heavy (non-hydrogen) atoms. The Morgan fingerprint density at radius 3 is 1.67 bits per heavy atom. The number of hydrogen-bond acceptors (Lipinski definition) is 0. The second kappa shape index (κ2) is 3.21. The summed E-state index contributed by atoms with van der Waals surface area (Å²) in [5.74, 6) is 5.19. The molecule has 0 atom stereocenters. The van der Waals surface area contributed by atoms with Crippen molar-refractivity contribution < 1.29 is 0 Å². The van der Waals surface area contributed by atoms with E-state index in [9.17, 15) is 0 Å². The maximum Gasteiger partial charge on any atom is 0.0146 e. The van der Waals surface area contributed by atoms with Crippen LogP contribution in [0, 0.1) is 30.1 Å². The SMILES string of the molecule is C#CCC(C)(C)CC#C. The maximum absolute atomic E-state index is 5.13. The zero-order valence-electron chi connectivity index (χ0n) is 6.07. The molecule has 0 amide bonds. The normalized spacial score (nSPS) is 9.78. The van der Waals surface area contributed by atoms with Crippen molar-refractivity contribution in [3.8, 4) is 24.7 Å². The molecule has 0 aliphatic heterocycles. The fourth-order valence-electron chi connectivity index (χ4n) is 0.615. The second-order valence-electron chi connectivity index (χ2n) is 2.93. The van der Waals surface area contributed by atoms with Crippen LogP contribution in [0.2, 0.25) is 0 Å². The zero-order valence-corrected chi connectivity index (χ0v) is 6.07. The molecule has 0 bridgehead atoms. The quantitative estimate of drug-likeness (QED) is 0.489. The van der Waals surface area contributed by atoms with Crippen molar-refractivity contribution in [2.75, 3.05) is 0 Å². The highest BCUT2D eigenvalue weighted by Gasteiger charge is 2.13. The topological polar surface area (TPSA) is 0 Å². The van der Waals surface area contributed by atoms with Gasteiger partial charge in [-0.15, -0.1) is 24.7 Å². The third-order valence-corrected chi connectivity index (χ3v) is 1.16.